The van der Waals surface area contributed by atoms with Gasteiger partial charge < -0.3 is 14.2 Å². The summed E-state index contributed by atoms with van der Waals surface area (Å²) in [5.41, 5.74) is 2.53. The van der Waals surface area contributed by atoms with E-state index in [4.69, 9.17) is 14.2 Å². The zero-order valence-electron chi connectivity index (χ0n) is 17.7. The van der Waals surface area contributed by atoms with Crippen molar-refractivity contribution in [3.63, 3.8) is 0 Å². The van der Waals surface area contributed by atoms with Gasteiger partial charge in [0.05, 0.1) is 25.7 Å². The molecule has 0 aliphatic heterocycles. The normalized spacial score (nSPS) is 13.1. The lowest BCUT2D eigenvalue weighted by Gasteiger charge is -2.40. The lowest BCUT2D eigenvalue weighted by Crippen LogP contribution is -2.46. The van der Waals surface area contributed by atoms with Crippen LogP contribution >= 0.6 is 0 Å². The minimum absolute atomic E-state index is 0.0641. The Morgan fingerprint density at radius 2 is 1.23 bits per heavy atom. The van der Waals surface area contributed by atoms with Gasteiger partial charge in [0.25, 0.3) is 5.97 Å². The molecule has 0 saturated carbocycles. The first-order valence-corrected chi connectivity index (χ1v) is 10.6. The van der Waals surface area contributed by atoms with Gasteiger partial charge in [0.1, 0.15) is 0 Å². The fourth-order valence-corrected chi connectivity index (χ4v) is 3.14. The van der Waals surface area contributed by atoms with Gasteiger partial charge in [0.15, 0.2) is 0 Å². The van der Waals surface area contributed by atoms with Gasteiger partial charge in [-0.05, 0) is 43.7 Å². The summed E-state index contributed by atoms with van der Waals surface area (Å²) < 4.78 is 19.1. The summed E-state index contributed by atoms with van der Waals surface area (Å²) in [6.45, 7) is 12.9. The highest BCUT2D eigenvalue weighted by Gasteiger charge is 2.43. The number of aryl methyl sites for hydroxylation is 1. The van der Waals surface area contributed by atoms with E-state index in [-0.39, 0.29) is 5.92 Å². The van der Waals surface area contributed by atoms with E-state index in [2.05, 4.69) is 58.9 Å². The highest BCUT2D eigenvalue weighted by Crippen LogP contribution is 2.39. The Bertz CT molecular complexity index is 446. The average Bonchev–Trinajstić information content (AvgIpc) is 2.64. The van der Waals surface area contributed by atoms with Crippen molar-refractivity contribution in [1.82, 2.24) is 0 Å². The van der Waals surface area contributed by atoms with Gasteiger partial charge in [0, 0.05) is 0 Å². The van der Waals surface area contributed by atoms with Gasteiger partial charge in [-0.3, -0.25) is 0 Å². The van der Waals surface area contributed by atoms with Crippen LogP contribution < -0.4 is 0 Å². The molecular formula is C23H40O3. The number of hydrogen-bond donors (Lipinski definition) is 0. The van der Waals surface area contributed by atoms with Gasteiger partial charge in [-0.2, -0.15) is 0 Å². The second-order valence-corrected chi connectivity index (χ2v) is 7.03. The van der Waals surface area contributed by atoms with Crippen LogP contribution in [0, 0.1) is 6.92 Å². The van der Waals surface area contributed by atoms with Gasteiger partial charge in [-0.1, -0.05) is 71.2 Å². The number of hydrogen-bond acceptors (Lipinski definition) is 3. The smallest absolute Gasteiger partial charge is 0.290 e. The van der Waals surface area contributed by atoms with Crippen LogP contribution in [0.1, 0.15) is 89.7 Å². The SMILES string of the molecule is CCCCOC(OCCCC)(OCCCC)C(CC)c1ccccc1C. The fraction of sp³-hybridized carbons (Fsp3) is 0.739. The molecule has 0 aliphatic rings. The first-order chi connectivity index (χ1) is 12.6. The summed E-state index contributed by atoms with van der Waals surface area (Å²) in [4.78, 5) is 0. The van der Waals surface area contributed by atoms with Crippen LogP contribution in [0.5, 0.6) is 0 Å². The predicted molar refractivity (Wildman–Crippen MR) is 110 cm³/mol. The third-order valence-corrected chi connectivity index (χ3v) is 4.80. The highest BCUT2D eigenvalue weighted by molar-refractivity contribution is 5.30. The van der Waals surface area contributed by atoms with Gasteiger partial charge in [-0.15, -0.1) is 0 Å². The first kappa shape index (κ1) is 23.1. The summed E-state index contributed by atoms with van der Waals surface area (Å²) in [7, 11) is 0. The molecule has 0 aromatic heterocycles. The van der Waals surface area contributed by atoms with Crippen LogP contribution in [0.15, 0.2) is 24.3 Å². The van der Waals surface area contributed by atoms with E-state index in [0.29, 0.717) is 19.8 Å². The average molecular weight is 365 g/mol. The maximum atomic E-state index is 6.38. The van der Waals surface area contributed by atoms with Crippen LogP contribution in [0.2, 0.25) is 0 Å². The lowest BCUT2D eigenvalue weighted by molar-refractivity contribution is -0.393. The molecule has 1 rings (SSSR count). The molecule has 26 heavy (non-hydrogen) atoms. The zero-order valence-corrected chi connectivity index (χ0v) is 17.7. The Kier molecular flexibility index (Phi) is 11.8. The molecule has 1 unspecified atom stereocenters. The minimum atomic E-state index is -0.986. The van der Waals surface area contributed by atoms with E-state index in [9.17, 15) is 0 Å². The van der Waals surface area contributed by atoms with Crippen LogP contribution in [0.4, 0.5) is 0 Å². The topological polar surface area (TPSA) is 27.7 Å². The maximum Gasteiger partial charge on any atom is 0.290 e. The molecule has 0 spiro atoms. The summed E-state index contributed by atoms with van der Waals surface area (Å²) in [5, 5.41) is 0. The zero-order chi connectivity index (χ0) is 19.3. The summed E-state index contributed by atoms with van der Waals surface area (Å²) in [6, 6.07) is 8.53. The van der Waals surface area contributed by atoms with Crippen molar-refractivity contribution >= 4 is 0 Å². The third kappa shape index (κ3) is 7.02. The first-order valence-electron chi connectivity index (χ1n) is 10.6. The largest absolute Gasteiger partial charge is 0.327 e. The van der Waals surface area contributed by atoms with Crippen molar-refractivity contribution in [2.45, 2.75) is 91.5 Å². The van der Waals surface area contributed by atoms with Gasteiger partial charge in [-0.25, -0.2) is 0 Å². The molecule has 1 aromatic carbocycles. The Hall–Kier alpha value is -0.900. The second kappa shape index (κ2) is 13.3. The maximum absolute atomic E-state index is 6.38. The lowest BCUT2D eigenvalue weighted by atomic mass is 9.90. The third-order valence-electron chi connectivity index (χ3n) is 4.80. The summed E-state index contributed by atoms with van der Waals surface area (Å²) >= 11 is 0. The Balaban J connectivity index is 3.17. The number of unbranched alkanes of at least 4 members (excludes halogenated alkanes) is 3. The van der Waals surface area contributed by atoms with E-state index in [1.165, 1.54) is 11.1 Å². The van der Waals surface area contributed by atoms with E-state index in [0.717, 1.165) is 44.9 Å². The van der Waals surface area contributed by atoms with Crippen LogP contribution in [-0.2, 0) is 14.2 Å². The predicted octanol–water partition coefficient (Wildman–Crippen LogP) is 6.59. The fourth-order valence-electron chi connectivity index (χ4n) is 3.14. The highest BCUT2D eigenvalue weighted by atomic mass is 16.9. The van der Waals surface area contributed by atoms with Gasteiger partial charge in [0.2, 0.25) is 0 Å². The molecular weight excluding hydrogens is 324 g/mol. The van der Waals surface area contributed by atoms with Crippen molar-refractivity contribution in [2.24, 2.45) is 0 Å². The van der Waals surface area contributed by atoms with E-state index < -0.39 is 5.97 Å². The van der Waals surface area contributed by atoms with E-state index in [1.54, 1.807) is 0 Å². The Morgan fingerprint density at radius 1 is 0.769 bits per heavy atom. The molecule has 1 atom stereocenters. The van der Waals surface area contributed by atoms with E-state index >= 15 is 0 Å². The molecule has 0 aliphatic carbocycles. The van der Waals surface area contributed by atoms with Crippen molar-refractivity contribution in [3.05, 3.63) is 35.4 Å². The minimum Gasteiger partial charge on any atom is -0.327 e. The molecule has 0 amide bonds. The number of benzene rings is 1. The molecule has 0 fully saturated rings. The van der Waals surface area contributed by atoms with Crippen molar-refractivity contribution in [2.75, 3.05) is 19.8 Å². The quantitative estimate of drug-likeness (QED) is 0.259. The number of ether oxygens (including phenoxy) is 3. The molecule has 0 saturated heterocycles. The molecule has 0 radical (unpaired) electrons. The monoisotopic (exact) mass is 364 g/mol. The van der Waals surface area contributed by atoms with Crippen LogP contribution in [-0.4, -0.2) is 25.8 Å². The molecule has 0 N–H and O–H groups in total. The molecule has 150 valence electrons. The van der Waals surface area contributed by atoms with Crippen molar-refractivity contribution in [3.8, 4) is 0 Å². The summed E-state index contributed by atoms with van der Waals surface area (Å²) in [5.74, 6) is -0.922. The molecule has 3 nitrogen and oxygen atoms in total. The second-order valence-electron chi connectivity index (χ2n) is 7.03. The molecule has 0 heterocycles. The van der Waals surface area contributed by atoms with E-state index in [1.807, 2.05) is 0 Å². The van der Waals surface area contributed by atoms with Crippen LogP contribution in [0.3, 0.4) is 0 Å². The molecule has 1 aromatic rings. The van der Waals surface area contributed by atoms with Crippen molar-refractivity contribution in [1.29, 1.82) is 0 Å². The van der Waals surface area contributed by atoms with Crippen molar-refractivity contribution < 1.29 is 14.2 Å². The Morgan fingerprint density at radius 3 is 1.62 bits per heavy atom. The van der Waals surface area contributed by atoms with Crippen LogP contribution in [0.25, 0.3) is 0 Å². The number of rotatable bonds is 15. The van der Waals surface area contributed by atoms with Gasteiger partial charge >= 0.3 is 0 Å². The Labute approximate surface area is 161 Å². The molecule has 3 heteroatoms. The standard InChI is InChI=1S/C23H40O3/c1-6-10-17-24-23(25-18-11-7-2,26-19-12-8-3)22(9-4)21-16-14-13-15-20(21)5/h13-16,22H,6-12,17-19H2,1-5H3. The molecule has 0 bridgehead atoms. The summed E-state index contributed by atoms with van der Waals surface area (Å²) in [6.07, 6.45) is 7.25.